The molecule has 1 fully saturated rings. The number of hydrogen-bond acceptors (Lipinski definition) is 5. The minimum absolute atomic E-state index is 0.0800. The molecule has 0 amide bonds. The average Bonchev–Trinajstić information content (AvgIpc) is 3.04. The van der Waals surface area contributed by atoms with E-state index in [9.17, 15) is 8.42 Å². The molecule has 24 heavy (non-hydrogen) atoms. The molecular weight excluding hydrogens is 326 g/mol. The van der Waals surface area contributed by atoms with E-state index in [-0.39, 0.29) is 12.0 Å². The lowest BCUT2D eigenvalue weighted by molar-refractivity contribution is 0.314. The second-order valence-electron chi connectivity index (χ2n) is 6.54. The zero-order valence-electron chi connectivity index (χ0n) is 14.3. The summed E-state index contributed by atoms with van der Waals surface area (Å²) in [5, 5.41) is 4.34. The smallest absolute Gasteiger partial charge is 0.211 e. The molecule has 2 aromatic rings. The first kappa shape index (κ1) is 17.0. The van der Waals surface area contributed by atoms with Crippen molar-refractivity contribution in [1.82, 2.24) is 24.1 Å². The van der Waals surface area contributed by atoms with Gasteiger partial charge in [0.15, 0.2) is 0 Å². The van der Waals surface area contributed by atoms with Gasteiger partial charge >= 0.3 is 0 Å². The van der Waals surface area contributed by atoms with Gasteiger partial charge in [0.1, 0.15) is 5.69 Å². The van der Waals surface area contributed by atoms with E-state index < -0.39 is 10.0 Å². The van der Waals surface area contributed by atoms with Gasteiger partial charge in [0.25, 0.3) is 0 Å². The minimum Gasteiger partial charge on any atom is -0.261 e. The Balaban J connectivity index is 1.89. The molecule has 1 aliphatic heterocycles. The first-order valence-corrected chi connectivity index (χ1v) is 10.0. The Morgan fingerprint density at radius 1 is 1.29 bits per heavy atom. The van der Waals surface area contributed by atoms with Gasteiger partial charge < -0.3 is 0 Å². The molecule has 1 aliphatic rings. The van der Waals surface area contributed by atoms with E-state index in [2.05, 4.69) is 23.9 Å². The van der Waals surface area contributed by atoms with Gasteiger partial charge in [-0.15, -0.1) is 0 Å². The van der Waals surface area contributed by atoms with Crippen LogP contribution in [-0.2, 0) is 10.0 Å². The van der Waals surface area contributed by atoms with Crippen LogP contribution in [0.3, 0.4) is 0 Å². The van der Waals surface area contributed by atoms with Crippen molar-refractivity contribution in [2.45, 2.75) is 38.6 Å². The number of rotatable bonds is 4. The summed E-state index contributed by atoms with van der Waals surface area (Å²) in [5.74, 6) is 0.0800. The number of piperidine rings is 1. The number of nitrogens with zero attached hydrogens (tertiary/aromatic N) is 5. The fourth-order valence-corrected chi connectivity index (χ4v) is 4.03. The van der Waals surface area contributed by atoms with Crippen molar-refractivity contribution in [3.05, 3.63) is 30.4 Å². The van der Waals surface area contributed by atoms with Crippen LogP contribution >= 0.6 is 0 Å². The topological polar surface area (TPSA) is 81.0 Å². The summed E-state index contributed by atoms with van der Waals surface area (Å²) in [6.45, 7) is 5.20. The molecule has 0 aliphatic carbocycles. The third-order valence-electron chi connectivity index (χ3n) is 4.35. The molecule has 1 atom stereocenters. The highest BCUT2D eigenvalue weighted by molar-refractivity contribution is 7.88. The summed E-state index contributed by atoms with van der Waals surface area (Å²) in [6, 6.07) is 2.16. The van der Waals surface area contributed by atoms with E-state index in [1.165, 1.54) is 10.6 Å². The van der Waals surface area contributed by atoms with Gasteiger partial charge in [0, 0.05) is 37.4 Å². The molecular formula is C16H23N5O2S. The molecule has 8 heteroatoms. The van der Waals surface area contributed by atoms with E-state index in [1.807, 2.05) is 10.7 Å². The van der Waals surface area contributed by atoms with Gasteiger partial charge in [0.2, 0.25) is 10.0 Å². The van der Waals surface area contributed by atoms with E-state index in [1.54, 1.807) is 18.6 Å². The third kappa shape index (κ3) is 3.49. The quantitative estimate of drug-likeness (QED) is 0.844. The molecule has 0 spiro atoms. The molecule has 7 nitrogen and oxygen atoms in total. The normalized spacial score (nSPS) is 19.8. The fraction of sp³-hybridized carbons (Fsp3) is 0.562. The van der Waals surface area contributed by atoms with Gasteiger partial charge in [0.05, 0.1) is 23.8 Å². The Kier molecular flexibility index (Phi) is 4.69. The Morgan fingerprint density at radius 2 is 2.08 bits per heavy atom. The van der Waals surface area contributed by atoms with Crippen LogP contribution in [0.15, 0.2) is 24.7 Å². The van der Waals surface area contributed by atoms with Crippen molar-refractivity contribution in [3.8, 4) is 11.4 Å². The molecule has 2 aromatic heterocycles. The number of hydrogen-bond donors (Lipinski definition) is 0. The van der Waals surface area contributed by atoms with Gasteiger partial charge in [-0.1, -0.05) is 0 Å². The van der Waals surface area contributed by atoms with E-state index >= 15 is 0 Å². The largest absolute Gasteiger partial charge is 0.261 e. The Bertz CT molecular complexity index is 815. The lowest BCUT2D eigenvalue weighted by Crippen LogP contribution is -2.38. The highest BCUT2D eigenvalue weighted by atomic mass is 32.2. The van der Waals surface area contributed by atoms with E-state index in [0.29, 0.717) is 13.1 Å². The minimum atomic E-state index is -3.17. The van der Waals surface area contributed by atoms with Crippen LogP contribution in [0.5, 0.6) is 0 Å². The summed E-state index contributed by atoms with van der Waals surface area (Å²) in [4.78, 5) is 9.09. The van der Waals surface area contributed by atoms with E-state index in [0.717, 1.165) is 29.9 Å². The molecule has 1 saturated heterocycles. The molecule has 1 unspecified atom stereocenters. The summed E-state index contributed by atoms with van der Waals surface area (Å²) in [5.41, 5.74) is 2.54. The molecule has 0 N–H and O–H groups in total. The van der Waals surface area contributed by atoms with Crippen LogP contribution in [0.2, 0.25) is 0 Å². The first-order chi connectivity index (χ1) is 11.4. The molecule has 0 saturated carbocycles. The van der Waals surface area contributed by atoms with E-state index in [4.69, 9.17) is 4.98 Å². The van der Waals surface area contributed by atoms with Crippen LogP contribution < -0.4 is 0 Å². The van der Waals surface area contributed by atoms with Gasteiger partial charge in [-0.25, -0.2) is 17.7 Å². The van der Waals surface area contributed by atoms with Crippen molar-refractivity contribution < 1.29 is 8.42 Å². The molecule has 0 radical (unpaired) electrons. The van der Waals surface area contributed by atoms with Crippen LogP contribution in [0.1, 0.15) is 44.3 Å². The Labute approximate surface area is 142 Å². The number of aromatic nitrogens is 4. The average molecular weight is 349 g/mol. The Morgan fingerprint density at radius 3 is 2.79 bits per heavy atom. The van der Waals surface area contributed by atoms with Crippen molar-refractivity contribution in [2.24, 2.45) is 0 Å². The lowest BCUT2D eigenvalue weighted by Gasteiger charge is -2.30. The zero-order valence-corrected chi connectivity index (χ0v) is 15.1. The summed E-state index contributed by atoms with van der Waals surface area (Å²) >= 11 is 0. The molecule has 3 rings (SSSR count). The van der Waals surface area contributed by atoms with Crippen molar-refractivity contribution in [1.29, 1.82) is 0 Å². The number of sulfonamides is 1. The molecule has 0 aromatic carbocycles. The standard InChI is InChI=1S/C16H23N5O2S/c1-12(2)21-16(6-7-18-21)15-10-17-9-14(19-15)13-5-4-8-20(11-13)24(3,22)23/h6-7,9-10,12-13H,4-5,8,11H2,1-3H3. The summed E-state index contributed by atoms with van der Waals surface area (Å²) in [7, 11) is -3.17. The van der Waals surface area contributed by atoms with Crippen LogP contribution in [0.4, 0.5) is 0 Å². The SMILES string of the molecule is CC(C)n1nccc1-c1cncc(C2CCCN(S(C)(=O)=O)C2)n1. The van der Waals surface area contributed by atoms with Crippen LogP contribution in [0, 0.1) is 0 Å². The highest BCUT2D eigenvalue weighted by Crippen LogP contribution is 2.28. The van der Waals surface area contributed by atoms with Gasteiger partial charge in [-0.2, -0.15) is 5.10 Å². The Hall–Kier alpha value is -1.80. The molecule has 0 bridgehead atoms. The fourth-order valence-electron chi connectivity index (χ4n) is 3.11. The molecule has 3 heterocycles. The zero-order chi connectivity index (χ0) is 17.3. The predicted molar refractivity (Wildman–Crippen MR) is 92.0 cm³/mol. The van der Waals surface area contributed by atoms with Gasteiger partial charge in [-0.3, -0.25) is 9.67 Å². The van der Waals surface area contributed by atoms with Crippen LogP contribution in [0.25, 0.3) is 11.4 Å². The monoisotopic (exact) mass is 349 g/mol. The van der Waals surface area contributed by atoms with Gasteiger partial charge in [-0.05, 0) is 32.8 Å². The van der Waals surface area contributed by atoms with Crippen molar-refractivity contribution in [2.75, 3.05) is 19.3 Å². The maximum atomic E-state index is 11.8. The third-order valence-corrected chi connectivity index (χ3v) is 5.62. The second kappa shape index (κ2) is 6.60. The van der Waals surface area contributed by atoms with Crippen molar-refractivity contribution in [3.63, 3.8) is 0 Å². The second-order valence-corrected chi connectivity index (χ2v) is 8.53. The predicted octanol–water partition coefficient (Wildman–Crippen LogP) is 2.06. The maximum Gasteiger partial charge on any atom is 0.211 e. The summed E-state index contributed by atoms with van der Waals surface area (Å²) in [6.07, 6.45) is 8.27. The maximum absolute atomic E-state index is 11.8. The van der Waals surface area contributed by atoms with Crippen LogP contribution in [-0.4, -0.2) is 51.8 Å². The summed E-state index contributed by atoms with van der Waals surface area (Å²) < 4.78 is 27.1. The lowest BCUT2D eigenvalue weighted by atomic mass is 9.96. The van der Waals surface area contributed by atoms with Crippen molar-refractivity contribution >= 4 is 10.0 Å². The first-order valence-electron chi connectivity index (χ1n) is 8.17. The highest BCUT2D eigenvalue weighted by Gasteiger charge is 2.28. The molecule has 130 valence electrons.